The Balaban J connectivity index is 2.35. The number of alkyl halides is 1. The second-order valence-corrected chi connectivity index (χ2v) is 3.29. The van der Waals surface area contributed by atoms with E-state index in [0.717, 1.165) is 12.1 Å². The molecule has 1 aromatic rings. The zero-order valence-electron chi connectivity index (χ0n) is 8.74. The van der Waals surface area contributed by atoms with E-state index in [0.29, 0.717) is 13.2 Å². The first-order chi connectivity index (χ1) is 6.76. The largest absolute Gasteiger partial charge is 0.372 e. The molecule has 14 heavy (non-hydrogen) atoms. The molecular formula is C10H17FN2O. The number of nitrogens with zero attached hydrogens (tertiary/aromatic N) is 2. The van der Waals surface area contributed by atoms with Crippen LogP contribution >= 0.6 is 0 Å². The van der Waals surface area contributed by atoms with Crippen LogP contribution in [0.4, 0.5) is 4.39 Å². The van der Waals surface area contributed by atoms with Gasteiger partial charge in [0, 0.05) is 6.20 Å². The molecule has 0 fully saturated rings. The maximum Gasteiger partial charge on any atom is 0.109 e. The fourth-order valence-electron chi connectivity index (χ4n) is 1.04. The molecule has 80 valence electrons. The molecule has 1 rings (SSSR count). The van der Waals surface area contributed by atoms with Crippen molar-refractivity contribution in [2.75, 3.05) is 6.67 Å². The number of aromatic nitrogens is 2. The minimum atomic E-state index is -0.382. The van der Waals surface area contributed by atoms with Crippen LogP contribution in [0.1, 0.15) is 26.0 Å². The van der Waals surface area contributed by atoms with Crippen molar-refractivity contribution in [2.45, 2.75) is 39.5 Å². The lowest BCUT2D eigenvalue weighted by Gasteiger charge is -2.08. The zero-order chi connectivity index (χ0) is 10.4. The van der Waals surface area contributed by atoms with Crippen molar-refractivity contribution in [1.29, 1.82) is 0 Å². The zero-order valence-corrected chi connectivity index (χ0v) is 8.74. The summed E-state index contributed by atoms with van der Waals surface area (Å²) in [6.07, 6.45) is 3.02. The van der Waals surface area contributed by atoms with Gasteiger partial charge in [-0.1, -0.05) is 6.92 Å². The Morgan fingerprint density at radius 1 is 1.64 bits per heavy atom. The summed E-state index contributed by atoms with van der Waals surface area (Å²) >= 11 is 0. The van der Waals surface area contributed by atoms with E-state index in [1.165, 1.54) is 0 Å². The molecule has 1 aromatic heterocycles. The van der Waals surface area contributed by atoms with E-state index in [9.17, 15) is 4.39 Å². The van der Waals surface area contributed by atoms with Crippen molar-refractivity contribution < 1.29 is 9.13 Å². The third kappa shape index (κ3) is 3.46. The summed E-state index contributed by atoms with van der Waals surface area (Å²) in [6, 6.07) is 1.86. The summed E-state index contributed by atoms with van der Waals surface area (Å²) in [5.74, 6) is 0. The maximum absolute atomic E-state index is 12.0. The Morgan fingerprint density at radius 3 is 3.07 bits per heavy atom. The summed E-state index contributed by atoms with van der Waals surface area (Å²) in [7, 11) is 0. The normalized spacial score (nSPS) is 13.1. The van der Waals surface area contributed by atoms with Crippen LogP contribution in [-0.4, -0.2) is 22.6 Å². The second-order valence-electron chi connectivity index (χ2n) is 3.29. The summed E-state index contributed by atoms with van der Waals surface area (Å²) in [4.78, 5) is 0. The fourth-order valence-corrected chi connectivity index (χ4v) is 1.04. The van der Waals surface area contributed by atoms with Gasteiger partial charge in [0.25, 0.3) is 0 Å². The van der Waals surface area contributed by atoms with Crippen LogP contribution in [0.25, 0.3) is 0 Å². The van der Waals surface area contributed by atoms with Crippen molar-refractivity contribution in [3.8, 4) is 0 Å². The highest BCUT2D eigenvalue weighted by Crippen LogP contribution is 2.03. The molecule has 0 aliphatic heterocycles. The van der Waals surface area contributed by atoms with Crippen molar-refractivity contribution in [1.82, 2.24) is 9.78 Å². The molecule has 0 spiro atoms. The smallest absolute Gasteiger partial charge is 0.109 e. The Kier molecular flexibility index (Phi) is 4.59. The highest BCUT2D eigenvalue weighted by Gasteiger charge is 2.02. The van der Waals surface area contributed by atoms with Crippen LogP contribution in [0, 0.1) is 0 Å². The molecule has 0 saturated heterocycles. The molecule has 0 saturated carbocycles. The van der Waals surface area contributed by atoms with E-state index in [4.69, 9.17) is 4.74 Å². The Bertz CT molecular complexity index is 262. The first-order valence-electron chi connectivity index (χ1n) is 4.96. The molecule has 1 unspecified atom stereocenters. The molecule has 0 amide bonds. The Morgan fingerprint density at radius 2 is 2.43 bits per heavy atom. The van der Waals surface area contributed by atoms with Gasteiger partial charge < -0.3 is 4.74 Å². The number of rotatable bonds is 6. The standard InChI is InChI=1S/C10H17FN2O/c1-3-9(2)14-8-10-4-6-13(12-10)7-5-11/h4,6,9H,3,5,7-8H2,1-2H3. The molecule has 0 aromatic carbocycles. The van der Waals surface area contributed by atoms with E-state index >= 15 is 0 Å². The van der Waals surface area contributed by atoms with Crippen LogP contribution in [0.2, 0.25) is 0 Å². The molecule has 0 radical (unpaired) electrons. The van der Waals surface area contributed by atoms with E-state index in [1.54, 1.807) is 10.9 Å². The highest BCUT2D eigenvalue weighted by molar-refractivity contribution is 4.97. The van der Waals surface area contributed by atoms with Gasteiger partial charge >= 0.3 is 0 Å². The quantitative estimate of drug-likeness (QED) is 0.703. The topological polar surface area (TPSA) is 27.1 Å². The lowest BCUT2D eigenvalue weighted by atomic mass is 10.3. The predicted molar refractivity (Wildman–Crippen MR) is 52.7 cm³/mol. The lowest BCUT2D eigenvalue weighted by Crippen LogP contribution is -2.07. The van der Waals surface area contributed by atoms with E-state index < -0.39 is 0 Å². The Hall–Kier alpha value is -0.900. The van der Waals surface area contributed by atoms with Gasteiger partial charge in [-0.3, -0.25) is 4.68 Å². The van der Waals surface area contributed by atoms with Gasteiger partial charge in [-0.2, -0.15) is 5.10 Å². The minimum absolute atomic E-state index is 0.251. The molecule has 0 N–H and O–H groups in total. The molecule has 1 atom stereocenters. The van der Waals surface area contributed by atoms with Gasteiger partial charge in [0.1, 0.15) is 6.67 Å². The molecule has 3 nitrogen and oxygen atoms in total. The molecular weight excluding hydrogens is 183 g/mol. The highest BCUT2D eigenvalue weighted by atomic mass is 19.1. The van der Waals surface area contributed by atoms with Crippen LogP contribution in [0.15, 0.2) is 12.3 Å². The summed E-state index contributed by atoms with van der Waals surface area (Å²) in [6.45, 7) is 4.55. The number of hydrogen-bond donors (Lipinski definition) is 0. The maximum atomic E-state index is 12.0. The van der Waals surface area contributed by atoms with Gasteiger partial charge in [0.15, 0.2) is 0 Å². The molecule has 0 aliphatic carbocycles. The second kappa shape index (κ2) is 5.75. The molecule has 0 aliphatic rings. The summed E-state index contributed by atoms with van der Waals surface area (Å²) in [5, 5.41) is 4.16. The van der Waals surface area contributed by atoms with E-state index in [-0.39, 0.29) is 12.8 Å². The monoisotopic (exact) mass is 200 g/mol. The van der Waals surface area contributed by atoms with Crippen molar-refractivity contribution >= 4 is 0 Å². The third-order valence-corrected chi connectivity index (χ3v) is 2.10. The van der Waals surface area contributed by atoms with Gasteiger partial charge in [-0.15, -0.1) is 0 Å². The van der Waals surface area contributed by atoms with Gasteiger partial charge in [-0.25, -0.2) is 4.39 Å². The summed E-state index contributed by atoms with van der Waals surface area (Å²) in [5.41, 5.74) is 0.860. The number of hydrogen-bond acceptors (Lipinski definition) is 2. The Labute approximate surface area is 83.9 Å². The van der Waals surface area contributed by atoms with Gasteiger partial charge in [0.05, 0.1) is 24.9 Å². The van der Waals surface area contributed by atoms with Crippen molar-refractivity contribution in [2.24, 2.45) is 0 Å². The molecule has 4 heteroatoms. The number of aryl methyl sites for hydroxylation is 1. The average Bonchev–Trinajstić information content (AvgIpc) is 2.63. The summed E-state index contributed by atoms with van der Waals surface area (Å²) < 4.78 is 19.1. The number of ether oxygens (including phenoxy) is 1. The minimum Gasteiger partial charge on any atom is -0.372 e. The molecule has 0 bridgehead atoms. The SMILES string of the molecule is CCC(C)OCc1ccn(CCF)n1. The third-order valence-electron chi connectivity index (χ3n) is 2.10. The fraction of sp³-hybridized carbons (Fsp3) is 0.700. The van der Waals surface area contributed by atoms with E-state index in [1.807, 2.05) is 13.0 Å². The first kappa shape index (κ1) is 11.2. The van der Waals surface area contributed by atoms with Crippen LogP contribution in [-0.2, 0) is 17.9 Å². The van der Waals surface area contributed by atoms with Crippen LogP contribution < -0.4 is 0 Å². The van der Waals surface area contributed by atoms with Crippen LogP contribution in [0.3, 0.4) is 0 Å². The lowest BCUT2D eigenvalue weighted by molar-refractivity contribution is 0.0485. The molecule has 1 heterocycles. The van der Waals surface area contributed by atoms with Gasteiger partial charge in [0.2, 0.25) is 0 Å². The number of halogens is 1. The van der Waals surface area contributed by atoms with Gasteiger partial charge in [-0.05, 0) is 19.4 Å². The first-order valence-corrected chi connectivity index (χ1v) is 4.96. The average molecular weight is 200 g/mol. The van der Waals surface area contributed by atoms with Crippen molar-refractivity contribution in [3.05, 3.63) is 18.0 Å². The van der Waals surface area contributed by atoms with E-state index in [2.05, 4.69) is 12.0 Å². The predicted octanol–water partition coefficient (Wildman–Crippen LogP) is 2.17. The van der Waals surface area contributed by atoms with Crippen LogP contribution in [0.5, 0.6) is 0 Å². The van der Waals surface area contributed by atoms with Crippen molar-refractivity contribution in [3.63, 3.8) is 0 Å².